The molecule has 2 heterocycles. The van der Waals surface area contributed by atoms with Crippen LogP contribution in [0.5, 0.6) is 11.5 Å². The van der Waals surface area contributed by atoms with Crippen molar-refractivity contribution in [1.29, 1.82) is 0 Å². The molecule has 0 bridgehead atoms. The van der Waals surface area contributed by atoms with Gasteiger partial charge in [0.05, 0.1) is 11.3 Å². The van der Waals surface area contributed by atoms with Crippen LogP contribution < -0.4 is 20.1 Å². The van der Waals surface area contributed by atoms with Crippen LogP contribution in [-0.4, -0.2) is 18.6 Å². The normalized spacial score (nSPS) is 12.1. The van der Waals surface area contributed by atoms with Gasteiger partial charge in [-0.15, -0.1) is 11.3 Å². The maximum atomic E-state index is 12.7. The van der Waals surface area contributed by atoms with Crippen molar-refractivity contribution in [3.8, 4) is 11.5 Å². The first-order valence-corrected chi connectivity index (χ1v) is 9.85. The van der Waals surface area contributed by atoms with Crippen LogP contribution in [0.1, 0.15) is 20.8 Å². The highest BCUT2D eigenvalue weighted by Gasteiger charge is 2.15. The van der Waals surface area contributed by atoms with Gasteiger partial charge in [0, 0.05) is 17.5 Å². The van der Waals surface area contributed by atoms with Gasteiger partial charge in [0.25, 0.3) is 5.91 Å². The number of hydrogen-bond acceptors (Lipinski definition) is 5. The Labute approximate surface area is 171 Å². The molecule has 0 spiro atoms. The Balaban J connectivity index is 1.40. The molecule has 4 rings (SSSR count). The van der Waals surface area contributed by atoms with Gasteiger partial charge in [-0.25, -0.2) is 0 Å². The van der Waals surface area contributed by atoms with E-state index < -0.39 is 0 Å². The lowest BCUT2D eigenvalue weighted by molar-refractivity contribution is -0.111. The minimum absolute atomic E-state index is 0.207. The number of carbonyl (C=O) groups excluding carboxylic acids is 2. The van der Waals surface area contributed by atoms with Crippen LogP contribution in [0.15, 0.2) is 66.1 Å². The summed E-state index contributed by atoms with van der Waals surface area (Å²) in [5.74, 6) is 0.793. The number of benzene rings is 2. The molecule has 0 aliphatic carbocycles. The highest BCUT2D eigenvalue weighted by Crippen LogP contribution is 2.32. The number of thiophene rings is 1. The van der Waals surface area contributed by atoms with Crippen molar-refractivity contribution in [2.24, 2.45) is 0 Å². The van der Waals surface area contributed by atoms with Crippen molar-refractivity contribution in [3.05, 3.63) is 82.1 Å². The molecule has 1 aromatic heterocycles. The summed E-state index contributed by atoms with van der Waals surface area (Å²) >= 11 is 1.54. The van der Waals surface area contributed by atoms with Crippen molar-refractivity contribution in [2.45, 2.75) is 6.54 Å². The largest absolute Gasteiger partial charge is 0.454 e. The molecule has 0 saturated heterocycles. The first kappa shape index (κ1) is 18.8. The highest BCUT2D eigenvalue weighted by atomic mass is 32.1. The van der Waals surface area contributed by atoms with Crippen LogP contribution in [0.3, 0.4) is 0 Å². The van der Waals surface area contributed by atoms with Crippen molar-refractivity contribution >= 4 is 34.9 Å². The number of rotatable bonds is 6. The van der Waals surface area contributed by atoms with E-state index in [1.165, 1.54) is 6.08 Å². The number of anilines is 1. The molecule has 0 fully saturated rings. The third-order valence-electron chi connectivity index (χ3n) is 4.26. The van der Waals surface area contributed by atoms with E-state index in [2.05, 4.69) is 10.6 Å². The molecule has 29 heavy (non-hydrogen) atoms. The summed E-state index contributed by atoms with van der Waals surface area (Å²) in [6, 6.07) is 16.3. The highest BCUT2D eigenvalue weighted by molar-refractivity contribution is 7.10. The Bertz CT molecular complexity index is 1060. The Morgan fingerprint density at radius 2 is 1.90 bits per heavy atom. The molecular formula is C22H18N2O4S. The summed E-state index contributed by atoms with van der Waals surface area (Å²) in [7, 11) is 0. The Kier molecular flexibility index (Phi) is 5.58. The van der Waals surface area contributed by atoms with Crippen LogP contribution in [-0.2, 0) is 11.3 Å². The Morgan fingerprint density at radius 3 is 2.76 bits per heavy atom. The van der Waals surface area contributed by atoms with E-state index in [9.17, 15) is 9.59 Å². The topological polar surface area (TPSA) is 76.7 Å². The fraction of sp³-hybridized carbons (Fsp3) is 0.0909. The molecule has 0 unspecified atom stereocenters. The molecule has 0 saturated carbocycles. The van der Waals surface area contributed by atoms with Gasteiger partial charge in [-0.2, -0.15) is 0 Å². The van der Waals surface area contributed by atoms with Crippen molar-refractivity contribution in [1.82, 2.24) is 5.32 Å². The summed E-state index contributed by atoms with van der Waals surface area (Å²) < 4.78 is 10.6. The molecular weight excluding hydrogens is 388 g/mol. The van der Waals surface area contributed by atoms with Crippen molar-refractivity contribution in [3.63, 3.8) is 0 Å². The van der Waals surface area contributed by atoms with E-state index >= 15 is 0 Å². The molecule has 0 atom stereocenters. The Hall–Kier alpha value is -3.58. The van der Waals surface area contributed by atoms with Crippen LogP contribution in [0.2, 0.25) is 0 Å². The van der Waals surface area contributed by atoms with Crippen LogP contribution >= 0.6 is 11.3 Å². The summed E-state index contributed by atoms with van der Waals surface area (Å²) in [4.78, 5) is 25.9. The molecule has 7 heteroatoms. The van der Waals surface area contributed by atoms with Crippen LogP contribution in [0.4, 0.5) is 5.69 Å². The zero-order chi connectivity index (χ0) is 20.1. The molecule has 2 aromatic carbocycles. The van der Waals surface area contributed by atoms with E-state index in [4.69, 9.17) is 9.47 Å². The molecule has 1 aliphatic rings. The molecule has 6 nitrogen and oxygen atoms in total. The molecule has 2 amide bonds. The minimum atomic E-state index is -0.297. The van der Waals surface area contributed by atoms with Gasteiger partial charge in [-0.3, -0.25) is 9.59 Å². The van der Waals surface area contributed by atoms with Gasteiger partial charge in [0.15, 0.2) is 11.5 Å². The first-order chi connectivity index (χ1) is 14.2. The van der Waals surface area contributed by atoms with Gasteiger partial charge in [0.2, 0.25) is 12.7 Å². The van der Waals surface area contributed by atoms with Gasteiger partial charge < -0.3 is 20.1 Å². The van der Waals surface area contributed by atoms with E-state index in [1.807, 2.05) is 35.7 Å². The molecule has 2 N–H and O–H groups in total. The number of para-hydroxylation sites is 1. The number of hydrogen-bond donors (Lipinski definition) is 2. The smallest absolute Gasteiger partial charge is 0.253 e. The number of amides is 2. The second kappa shape index (κ2) is 8.62. The van der Waals surface area contributed by atoms with Crippen molar-refractivity contribution in [2.75, 3.05) is 12.1 Å². The van der Waals surface area contributed by atoms with Gasteiger partial charge in [-0.05, 0) is 47.4 Å². The summed E-state index contributed by atoms with van der Waals surface area (Å²) in [5, 5.41) is 7.58. The van der Waals surface area contributed by atoms with Gasteiger partial charge >= 0.3 is 0 Å². The first-order valence-electron chi connectivity index (χ1n) is 8.97. The standard InChI is InChI=1S/C22H18N2O4S/c25-21(10-8-16-4-3-11-29-16)24-18-6-2-1-5-17(18)22(26)23-13-15-7-9-19-20(12-15)28-14-27-19/h1-12H,13-14H2,(H,23,26)(H,24,25)/b10-8+. The van der Waals surface area contributed by atoms with Crippen LogP contribution in [0.25, 0.3) is 6.08 Å². The molecule has 1 aliphatic heterocycles. The quantitative estimate of drug-likeness (QED) is 0.606. The zero-order valence-electron chi connectivity index (χ0n) is 15.4. The predicted molar refractivity (Wildman–Crippen MR) is 112 cm³/mol. The van der Waals surface area contributed by atoms with Crippen LogP contribution in [0, 0.1) is 0 Å². The average Bonchev–Trinajstić information content (AvgIpc) is 3.42. The minimum Gasteiger partial charge on any atom is -0.454 e. The van der Waals surface area contributed by atoms with Gasteiger partial charge in [0.1, 0.15) is 0 Å². The second-order valence-corrected chi connectivity index (χ2v) is 7.23. The van der Waals surface area contributed by atoms with E-state index in [-0.39, 0.29) is 18.6 Å². The molecule has 146 valence electrons. The van der Waals surface area contributed by atoms with E-state index in [0.29, 0.717) is 29.3 Å². The third kappa shape index (κ3) is 4.64. The number of ether oxygens (including phenoxy) is 2. The number of nitrogens with one attached hydrogen (secondary N) is 2. The average molecular weight is 406 g/mol. The molecule has 3 aromatic rings. The van der Waals surface area contributed by atoms with E-state index in [1.54, 1.807) is 41.7 Å². The van der Waals surface area contributed by atoms with E-state index in [0.717, 1.165) is 10.4 Å². The monoisotopic (exact) mass is 406 g/mol. The summed E-state index contributed by atoms with van der Waals surface area (Å²) in [6.45, 7) is 0.537. The zero-order valence-corrected chi connectivity index (χ0v) is 16.2. The van der Waals surface area contributed by atoms with Crippen molar-refractivity contribution < 1.29 is 19.1 Å². The van der Waals surface area contributed by atoms with Gasteiger partial charge in [-0.1, -0.05) is 24.3 Å². The fourth-order valence-electron chi connectivity index (χ4n) is 2.84. The number of fused-ring (bicyclic) bond motifs is 1. The lowest BCUT2D eigenvalue weighted by Gasteiger charge is -2.11. The third-order valence-corrected chi connectivity index (χ3v) is 5.10. The maximum Gasteiger partial charge on any atom is 0.253 e. The molecule has 0 radical (unpaired) electrons. The summed E-state index contributed by atoms with van der Waals surface area (Å²) in [5.41, 5.74) is 1.74. The maximum absolute atomic E-state index is 12.7. The lowest BCUT2D eigenvalue weighted by Crippen LogP contribution is -2.24. The second-order valence-electron chi connectivity index (χ2n) is 6.25. The lowest BCUT2D eigenvalue weighted by atomic mass is 10.1. The predicted octanol–water partition coefficient (Wildman–Crippen LogP) is 4.06. The summed E-state index contributed by atoms with van der Waals surface area (Å²) in [6.07, 6.45) is 3.19. The fourth-order valence-corrected chi connectivity index (χ4v) is 3.45. The Morgan fingerprint density at radius 1 is 1.03 bits per heavy atom. The SMILES string of the molecule is O=C(/C=C/c1cccs1)Nc1ccccc1C(=O)NCc1ccc2c(c1)OCO2. The number of carbonyl (C=O) groups is 2.